The zero-order valence-electron chi connectivity index (χ0n) is 27.7. The molecule has 11 nitrogen and oxygen atoms in total. The number of hydrogen-bond donors (Lipinski definition) is 1. The smallest absolute Gasteiger partial charge is 0.254 e. The number of carbonyl (C=O) groups is 4. The molecule has 8 rings (SSSR count). The molecular formula is C38H30BrCl2N3O8. The fourth-order valence-corrected chi connectivity index (χ4v) is 9.60. The molecule has 2 saturated heterocycles. The lowest BCUT2D eigenvalue weighted by Crippen LogP contribution is -2.60. The van der Waals surface area contributed by atoms with E-state index < -0.39 is 51.1 Å². The van der Waals surface area contributed by atoms with Crippen LogP contribution in [-0.4, -0.2) is 68.0 Å². The number of phenolic OH excluding ortho intramolecular Hbond substituents is 1. The van der Waals surface area contributed by atoms with Crippen LogP contribution in [-0.2, 0) is 19.2 Å². The molecule has 0 bridgehead atoms. The molecule has 3 heterocycles. The Bertz CT molecular complexity index is 2200. The molecule has 4 aliphatic rings. The third kappa shape index (κ3) is 4.80. The number of carbonyl (C=O) groups excluding carboxylic acids is 4. The van der Waals surface area contributed by atoms with Crippen molar-refractivity contribution in [3.05, 3.63) is 84.0 Å². The molecule has 6 atom stereocenters. The molecule has 266 valence electrons. The molecule has 4 amide bonds. The lowest BCUT2D eigenvalue weighted by molar-refractivity contribution is -0.138. The highest BCUT2D eigenvalue weighted by molar-refractivity contribution is 9.09. The second-order valence-corrected chi connectivity index (χ2v) is 15.0. The van der Waals surface area contributed by atoms with Gasteiger partial charge in [-0.05, 0) is 72.9 Å². The van der Waals surface area contributed by atoms with Gasteiger partial charge in [0.1, 0.15) is 5.52 Å². The number of nitrogens with zero attached hydrogens (tertiary/aromatic N) is 3. The van der Waals surface area contributed by atoms with E-state index in [0.717, 1.165) is 4.90 Å². The molecule has 1 N–H and O–H groups in total. The maximum Gasteiger partial charge on any atom is 0.254 e. The zero-order chi connectivity index (χ0) is 36.7. The third-order valence-corrected chi connectivity index (χ3v) is 12.7. The highest BCUT2D eigenvalue weighted by atomic mass is 79.9. The summed E-state index contributed by atoms with van der Waals surface area (Å²) in [5.74, 6) is -4.81. The molecule has 4 aromatic rings. The fraction of sp³-hybridized carbons (Fsp3) is 0.289. The summed E-state index contributed by atoms with van der Waals surface area (Å²) in [6.45, 7) is 0. The van der Waals surface area contributed by atoms with Crippen LogP contribution in [0.1, 0.15) is 18.4 Å². The van der Waals surface area contributed by atoms with Crippen LogP contribution in [0.25, 0.3) is 28.6 Å². The molecule has 1 aromatic heterocycles. The summed E-state index contributed by atoms with van der Waals surface area (Å²) in [5, 5.41) is 10.4. The number of halogens is 3. The number of phenols is 1. The van der Waals surface area contributed by atoms with E-state index in [1.807, 2.05) is 30.3 Å². The van der Waals surface area contributed by atoms with Gasteiger partial charge in [-0.2, -0.15) is 0 Å². The Morgan fingerprint density at radius 2 is 1.67 bits per heavy atom. The van der Waals surface area contributed by atoms with Crippen molar-refractivity contribution in [2.24, 2.45) is 23.7 Å². The number of alkyl halides is 3. The second-order valence-electron chi connectivity index (χ2n) is 13.2. The topological polar surface area (TPSA) is 139 Å². The van der Waals surface area contributed by atoms with E-state index in [2.05, 4.69) is 20.9 Å². The highest BCUT2D eigenvalue weighted by Crippen LogP contribution is 2.63. The van der Waals surface area contributed by atoms with Crippen molar-refractivity contribution in [2.75, 3.05) is 24.6 Å². The molecule has 0 spiro atoms. The van der Waals surface area contributed by atoms with Crippen molar-refractivity contribution in [2.45, 2.75) is 22.6 Å². The average Bonchev–Trinajstić information content (AvgIpc) is 3.74. The molecule has 0 unspecified atom stereocenters. The first-order valence-electron chi connectivity index (χ1n) is 16.4. The van der Waals surface area contributed by atoms with Crippen molar-refractivity contribution in [1.29, 1.82) is 0 Å². The summed E-state index contributed by atoms with van der Waals surface area (Å²) in [6, 6.07) is 17.4. The summed E-state index contributed by atoms with van der Waals surface area (Å²) >= 11 is 17.8. The van der Waals surface area contributed by atoms with E-state index in [1.165, 1.54) is 19.1 Å². The van der Waals surface area contributed by atoms with Gasteiger partial charge in [0.05, 0.1) is 37.2 Å². The van der Waals surface area contributed by atoms with Crippen LogP contribution >= 0.6 is 39.1 Å². The van der Waals surface area contributed by atoms with Crippen LogP contribution in [0.15, 0.2) is 82.8 Å². The van der Waals surface area contributed by atoms with Crippen LogP contribution in [0.4, 0.5) is 5.69 Å². The SMILES string of the molecule is COc1cc(C=C[C@H]2C3=CC[C@@H]4C(=O)N(c5ccc(-c6nc7ccccc7o6)cc5)C(=O)[C@@H]4[C@@H]3C[C@@]3(Cl)C(=O)N(CBr)C(=O)[C@@]23Cl)cc(OC)c1O. The standard InChI is InChI=1S/C38H30BrCl2N3O8/c1-50-28-15-19(16-29(51-2)31(28)45)7-14-25-22-12-13-23-30(24(22)17-37(40)35(48)43(18-39)36(49)38(25,37)41)34(47)44(33(23)46)21-10-8-20(9-11-21)32-42-26-5-3-4-6-27(26)52-32/h3-12,14-16,23-25,30,45H,13,17-18H2,1-2H3/t23-,24+,25-,30-,37+,38-/m0/s1. The Hall–Kier alpha value is -4.65. The minimum Gasteiger partial charge on any atom is -0.502 e. The Morgan fingerprint density at radius 3 is 2.33 bits per heavy atom. The lowest BCUT2D eigenvalue weighted by atomic mass is 9.57. The molecule has 0 radical (unpaired) electrons. The predicted octanol–water partition coefficient (Wildman–Crippen LogP) is 6.68. The highest BCUT2D eigenvalue weighted by Gasteiger charge is 2.75. The Labute approximate surface area is 315 Å². The van der Waals surface area contributed by atoms with E-state index in [1.54, 1.807) is 48.6 Å². The number of likely N-dealkylation sites (tertiary alicyclic amines) is 1. The van der Waals surface area contributed by atoms with Crippen molar-refractivity contribution < 1.29 is 38.2 Å². The molecule has 2 aliphatic heterocycles. The van der Waals surface area contributed by atoms with Gasteiger partial charge in [0.15, 0.2) is 26.8 Å². The summed E-state index contributed by atoms with van der Waals surface area (Å²) in [6.07, 6.45) is 5.30. The predicted molar refractivity (Wildman–Crippen MR) is 196 cm³/mol. The first-order valence-corrected chi connectivity index (χ1v) is 18.3. The van der Waals surface area contributed by atoms with Gasteiger partial charge in [0, 0.05) is 11.5 Å². The third-order valence-electron chi connectivity index (χ3n) is 10.7. The number of amides is 4. The molecular weight excluding hydrogens is 777 g/mol. The van der Waals surface area contributed by atoms with Crippen molar-refractivity contribution >= 4 is 85.6 Å². The minimum atomic E-state index is -1.94. The number of anilines is 1. The van der Waals surface area contributed by atoms with Crippen LogP contribution < -0.4 is 14.4 Å². The van der Waals surface area contributed by atoms with Gasteiger partial charge in [0.2, 0.25) is 23.5 Å². The van der Waals surface area contributed by atoms with Crippen LogP contribution in [0.3, 0.4) is 0 Å². The maximum absolute atomic E-state index is 14.4. The van der Waals surface area contributed by atoms with Crippen LogP contribution in [0.5, 0.6) is 17.2 Å². The summed E-state index contributed by atoms with van der Waals surface area (Å²) < 4.78 is 16.5. The molecule has 3 aromatic carbocycles. The molecule has 1 saturated carbocycles. The quantitative estimate of drug-likeness (QED) is 0.0938. The van der Waals surface area contributed by atoms with E-state index in [4.69, 9.17) is 37.1 Å². The summed E-state index contributed by atoms with van der Waals surface area (Å²) in [5.41, 5.74) is 3.47. The van der Waals surface area contributed by atoms with Gasteiger partial charge < -0.3 is 19.0 Å². The molecule has 3 fully saturated rings. The van der Waals surface area contributed by atoms with Gasteiger partial charge in [-0.1, -0.05) is 51.9 Å². The fourth-order valence-electron chi connectivity index (χ4n) is 8.22. The van der Waals surface area contributed by atoms with E-state index in [9.17, 15) is 24.3 Å². The minimum absolute atomic E-state index is 0.128. The number of fused-ring (bicyclic) bond motifs is 5. The summed E-state index contributed by atoms with van der Waals surface area (Å²) in [7, 11) is 2.81. The monoisotopic (exact) mass is 805 g/mol. The number of oxazole rings is 1. The molecule has 52 heavy (non-hydrogen) atoms. The number of aromatic hydroxyl groups is 1. The van der Waals surface area contributed by atoms with E-state index in [-0.39, 0.29) is 41.5 Å². The summed E-state index contributed by atoms with van der Waals surface area (Å²) in [4.78, 5) is 59.2. The van der Waals surface area contributed by atoms with Gasteiger partial charge >= 0.3 is 0 Å². The Morgan fingerprint density at radius 1 is 0.981 bits per heavy atom. The van der Waals surface area contributed by atoms with Crippen molar-refractivity contribution in [1.82, 2.24) is 9.88 Å². The number of aromatic nitrogens is 1. The number of benzene rings is 3. The van der Waals surface area contributed by atoms with Gasteiger partial charge in [0.25, 0.3) is 11.8 Å². The average molecular weight is 807 g/mol. The first kappa shape index (κ1) is 34.4. The van der Waals surface area contributed by atoms with Crippen LogP contribution in [0.2, 0.25) is 0 Å². The van der Waals surface area contributed by atoms with Gasteiger partial charge in [-0.3, -0.25) is 29.0 Å². The molecule has 14 heteroatoms. The number of hydrogen-bond acceptors (Lipinski definition) is 9. The number of para-hydroxylation sites is 2. The molecule has 2 aliphatic carbocycles. The first-order chi connectivity index (χ1) is 25.0. The van der Waals surface area contributed by atoms with E-state index >= 15 is 0 Å². The van der Waals surface area contributed by atoms with Crippen molar-refractivity contribution in [3.63, 3.8) is 0 Å². The van der Waals surface area contributed by atoms with Crippen LogP contribution in [0, 0.1) is 23.7 Å². The normalized spacial score (nSPS) is 28.4. The second kappa shape index (κ2) is 12.5. The Kier molecular flexibility index (Phi) is 8.27. The number of methoxy groups -OCH3 is 2. The number of rotatable bonds is 7. The number of ether oxygens (including phenoxy) is 2. The Balaban J connectivity index is 1.16. The van der Waals surface area contributed by atoms with Crippen molar-refractivity contribution in [3.8, 4) is 28.7 Å². The largest absolute Gasteiger partial charge is 0.502 e. The maximum atomic E-state index is 14.4. The number of allylic oxidation sites excluding steroid dienone is 3. The van der Waals surface area contributed by atoms with Gasteiger partial charge in [-0.15, -0.1) is 23.2 Å². The van der Waals surface area contributed by atoms with E-state index in [0.29, 0.717) is 39.4 Å². The lowest BCUT2D eigenvalue weighted by Gasteiger charge is -2.49. The number of imide groups is 2. The van der Waals surface area contributed by atoms with Gasteiger partial charge in [-0.25, -0.2) is 4.98 Å². The zero-order valence-corrected chi connectivity index (χ0v) is 30.8.